The summed E-state index contributed by atoms with van der Waals surface area (Å²) in [5.74, 6) is 2.50. The highest BCUT2D eigenvalue weighted by molar-refractivity contribution is 9.10. The summed E-state index contributed by atoms with van der Waals surface area (Å²) in [5.41, 5.74) is 0.629. The van der Waals surface area contributed by atoms with Gasteiger partial charge in [-0.25, -0.2) is 0 Å². The predicted octanol–water partition coefficient (Wildman–Crippen LogP) is 3.28. The first-order valence-corrected chi connectivity index (χ1v) is 7.59. The molecule has 1 amide bonds. The summed E-state index contributed by atoms with van der Waals surface area (Å²) < 4.78 is 6.24. The number of amides is 1. The second kappa shape index (κ2) is 8.92. The third-order valence-electron chi connectivity index (χ3n) is 2.94. The maximum atomic E-state index is 12.1. The van der Waals surface area contributed by atoms with Gasteiger partial charge >= 0.3 is 0 Å². The van der Waals surface area contributed by atoms with Gasteiger partial charge in [0.15, 0.2) is 0 Å². The van der Waals surface area contributed by atoms with Crippen molar-refractivity contribution in [2.75, 3.05) is 6.61 Å². The van der Waals surface area contributed by atoms with Gasteiger partial charge in [-0.2, -0.15) is 5.26 Å². The summed E-state index contributed by atoms with van der Waals surface area (Å²) in [6.45, 7) is 3.96. The number of rotatable bonds is 6. The van der Waals surface area contributed by atoms with Crippen molar-refractivity contribution in [3.63, 3.8) is 0 Å². The van der Waals surface area contributed by atoms with Gasteiger partial charge in [0.1, 0.15) is 24.0 Å². The van der Waals surface area contributed by atoms with Crippen molar-refractivity contribution in [3.05, 3.63) is 33.8 Å². The number of hydrogen-bond donors (Lipinski definition) is 1. The first-order valence-electron chi connectivity index (χ1n) is 6.80. The molecule has 0 unspecified atom stereocenters. The molecule has 0 aliphatic rings. The number of carbonyl (C=O) groups is 1. The standard InChI is InChI=1S/C17H17BrN2O2/c1-4-8-22-16-7-6-15(18)10-13(16)9-14(11-19)17(21)20-12(3)5-2/h1,6-7,9-10,12H,5,8H2,2-3H3,(H,20,21)/b14-9+/t12-/m1/s1. The maximum absolute atomic E-state index is 12.1. The van der Waals surface area contributed by atoms with E-state index in [0.29, 0.717) is 11.3 Å². The van der Waals surface area contributed by atoms with E-state index in [1.54, 1.807) is 18.2 Å². The third kappa shape index (κ3) is 5.27. The van der Waals surface area contributed by atoms with Gasteiger partial charge in [0.25, 0.3) is 5.91 Å². The van der Waals surface area contributed by atoms with E-state index in [4.69, 9.17) is 11.2 Å². The summed E-state index contributed by atoms with van der Waals surface area (Å²) in [5, 5.41) is 12.0. The first-order chi connectivity index (χ1) is 10.5. The fourth-order valence-electron chi connectivity index (χ4n) is 1.59. The van der Waals surface area contributed by atoms with Crippen LogP contribution in [0.25, 0.3) is 6.08 Å². The summed E-state index contributed by atoms with van der Waals surface area (Å²) in [6, 6.07) is 7.22. The minimum Gasteiger partial charge on any atom is -0.480 e. The number of hydrogen-bond acceptors (Lipinski definition) is 3. The zero-order chi connectivity index (χ0) is 16.5. The van der Waals surface area contributed by atoms with E-state index >= 15 is 0 Å². The van der Waals surface area contributed by atoms with Crippen molar-refractivity contribution in [3.8, 4) is 24.2 Å². The minimum atomic E-state index is -0.403. The molecule has 0 aliphatic carbocycles. The van der Waals surface area contributed by atoms with Gasteiger partial charge in [-0.15, -0.1) is 6.42 Å². The molecule has 5 heteroatoms. The first kappa shape index (κ1) is 17.8. The van der Waals surface area contributed by atoms with Crippen LogP contribution in [-0.4, -0.2) is 18.6 Å². The highest BCUT2D eigenvalue weighted by Gasteiger charge is 2.13. The third-order valence-corrected chi connectivity index (χ3v) is 3.43. The molecule has 4 nitrogen and oxygen atoms in total. The lowest BCUT2D eigenvalue weighted by molar-refractivity contribution is -0.117. The summed E-state index contributed by atoms with van der Waals surface area (Å²) in [4.78, 5) is 12.1. The van der Waals surface area contributed by atoms with E-state index in [0.717, 1.165) is 10.9 Å². The number of nitrogens with one attached hydrogen (secondary N) is 1. The lowest BCUT2D eigenvalue weighted by Gasteiger charge is -2.11. The second-order valence-electron chi connectivity index (χ2n) is 4.63. The molecule has 0 bridgehead atoms. The average Bonchev–Trinajstić information content (AvgIpc) is 2.51. The van der Waals surface area contributed by atoms with Gasteiger partial charge in [0, 0.05) is 16.1 Å². The Labute approximate surface area is 139 Å². The summed E-state index contributed by atoms with van der Waals surface area (Å²) in [7, 11) is 0. The lowest BCUT2D eigenvalue weighted by atomic mass is 10.1. The Bertz CT molecular complexity index is 654. The van der Waals surface area contributed by atoms with E-state index in [1.807, 2.05) is 19.9 Å². The van der Waals surface area contributed by atoms with Gasteiger partial charge < -0.3 is 10.1 Å². The van der Waals surface area contributed by atoms with Gasteiger partial charge in [-0.3, -0.25) is 4.79 Å². The molecule has 0 aliphatic heterocycles. The molecular weight excluding hydrogens is 344 g/mol. The molecule has 1 atom stereocenters. The molecule has 114 valence electrons. The van der Waals surface area contributed by atoms with Crippen LogP contribution in [-0.2, 0) is 4.79 Å². The number of benzene rings is 1. The van der Waals surface area contributed by atoms with E-state index in [1.165, 1.54) is 6.08 Å². The van der Waals surface area contributed by atoms with Crippen molar-refractivity contribution in [2.24, 2.45) is 0 Å². The Hall–Kier alpha value is -2.24. The van der Waals surface area contributed by atoms with Crippen molar-refractivity contribution >= 4 is 27.9 Å². The Morgan fingerprint density at radius 1 is 1.59 bits per heavy atom. The molecule has 1 N–H and O–H groups in total. The smallest absolute Gasteiger partial charge is 0.262 e. The minimum absolute atomic E-state index is 0.00363. The molecule has 0 saturated heterocycles. The molecule has 0 fully saturated rings. The van der Waals surface area contributed by atoms with Gasteiger partial charge in [-0.1, -0.05) is 28.8 Å². The Morgan fingerprint density at radius 3 is 2.91 bits per heavy atom. The number of halogens is 1. The molecule has 1 aromatic carbocycles. The Balaban J connectivity index is 3.12. The largest absolute Gasteiger partial charge is 0.480 e. The number of ether oxygens (including phenoxy) is 1. The number of nitriles is 1. The van der Waals surface area contributed by atoms with Gasteiger partial charge in [0.2, 0.25) is 0 Å². The van der Waals surface area contributed by atoms with Gasteiger partial charge in [0.05, 0.1) is 0 Å². The predicted molar refractivity (Wildman–Crippen MR) is 90.0 cm³/mol. The monoisotopic (exact) mass is 360 g/mol. The summed E-state index contributed by atoms with van der Waals surface area (Å²) in [6.07, 6.45) is 7.47. The molecule has 1 aromatic rings. The quantitative estimate of drug-likeness (QED) is 0.481. The molecule has 0 spiro atoms. The average molecular weight is 361 g/mol. The number of carbonyl (C=O) groups excluding carboxylic acids is 1. The maximum Gasteiger partial charge on any atom is 0.262 e. The van der Waals surface area contributed by atoms with Crippen LogP contribution < -0.4 is 10.1 Å². The Kier molecular flexibility index (Phi) is 7.22. The van der Waals surface area contributed by atoms with E-state index in [2.05, 4.69) is 27.2 Å². The van der Waals surface area contributed by atoms with E-state index in [-0.39, 0.29) is 18.2 Å². The second-order valence-corrected chi connectivity index (χ2v) is 5.54. The van der Waals surface area contributed by atoms with E-state index < -0.39 is 5.91 Å². The Morgan fingerprint density at radius 2 is 2.32 bits per heavy atom. The van der Waals surface area contributed by atoms with Crippen molar-refractivity contribution < 1.29 is 9.53 Å². The molecular formula is C17H17BrN2O2. The van der Waals surface area contributed by atoms with Crippen LogP contribution in [0.4, 0.5) is 0 Å². The van der Waals surface area contributed by atoms with Crippen LogP contribution in [0.15, 0.2) is 28.2 Å². The van der Waals surface area contributed by atoms with Crippen molar-refractivity contribution in [2.45, 2.75) is 26.3 Å². The number of terminal acetylenes is 1. The van der Waals surface area contributed by atoms with Crippen LogP contribution in [0.2, 0.25) is 0 Å². The zero-order valence-electron chi connectivity index (χ0n) is 12.5. The molecule has 22 heavy (non-hydrogen) atoms. The highest BCUT2D eigenvalue weighted by Crippen LogP contribution is 2.25. The molecule has 0 aromatic heterocycles. The fourth-order valence-corrected chi connectivity index (χ4v) is 1.97. The van der Waals surface area contributed by atoms with Crippen molar-refractivity contribution in [1.82, 2.24) is 5.32 Å². The molecule has 0 radical (unpaired) electrons. The van der Waals surface area contributed by atoms with E-state index in [9.17, 15) is 10.1 Å². The van der Waals surface area contributed by atoms with Gasteiger partial charge in [-0.05, 0) is 37.6 Å². The van der Waals surface area contributed by atoms with Crippen LogP contribution in [0.3, 0.4) is 0 Å². The zero-order valence-corrected chi connectivity index (χ0v) is 14.1. The summed E-state index contributed by atoms with van der Waals surface area (Å²) >= 11 is 3.36. The topological polar surface area (TPSA) is 62.1 Å². The highest BCUT2D eigenvalue weighted by atomic mass is 79.9. The fraction of sp³-hybridized carbons (Fsp3) is 0.294. The van der Waals surface area contributed by atoms with Crippen LogP contribution in [0.5, 0.6) is 5.75 Å². The molecule has 0 heterocycles. The van der Waals surface area contributed by atoms with Crippen LogP contribution >= 0.6 is 15.9 Å². The van der Waals surface area contributed by atoms with Crippen molar-refractivity contribution in [1.29, 1.82) is 5.26 Å². The van der Waals surface area contributed by atoms with Crippen LogP contribution in [0, 0.1) is 23.7 Å². The molecule has 1 rings (SSSR count). The lowest BCUT2D eigenvalue weighted by Crippen LogP contribution is -2.32. The molecule has 0 saturated carbocycles. The normalized spacial score (nSPS) is 12.0. The van der Waals surface area contributed by atoms with Crippen LogP contribution in [0.1, 0.15) is 25.8 Å². The SMILES string of the molecule is C#CCOc1ccc(Br)cc1/C=C(\C#N)C(=O)N[C@H](C)CC. The number of nitrogens with zero attached hydrogens (tertiary/aromatic N) is 1.